The molecule has 2 rings (SSSR count). The lowest BCUT2D eigenvalue weighted by Crippen LogP contribution is -2.08. The molecule has 0 aliphatic rings. The molecule has 0 saturated heterocycles. The van der Waals surface area contributed by atoms with Gasteiger partial charge in [-0.15, -0.1) is 5.10 Å². The Morgan fingerprint density at radius 3 is 2.94 bits per heavy atom. The zero-order chi connectivity index (χ0) is 11.5. The Hall–Kier alpha value is -1.90. The van der Waals surface area contributed by atoms with Crippen molar-refractivity contribution in [2.75, 3.05) is 0 Å². The van der Waals surface area contributed by atoms with E-state index in [1.54, 1.807) is 6.08 Å². The van der Waals surface area contributed by atoms with Crippen LogP contribution in [0.5, 0.6) is 0 Å². The summed E-state index contributed by atoms with van der Waals surface area (Å²) in [4.78, 5) is 0. The average Bonchev–Trinajstić information content (AvgIpc) is 2.72. The summed E-state index contributed by atoms with van der Waals surface area (Å²) in [5.41, 5.74) is 3.21. The van der Waals surface area contributed by atoms with Crippen molar-refractivity contribution in [3.63, 3.8) is 0 Å². The van der Waals surface area contributed by atoms with Gasteiger partial charge in [0.15, 0.2) is 0 Å². The first-order valence-electron chi connectivity index (χ1n) is 5.33. The van der Waals surface area contributed by atoms with Gasteiger partial charge in [-0.3, -0.25) is 0 Å². The molecular weight excluding hydrogens is 198 g/mol. The molecule has 16 heavy (non-hydrogen) atoms. The lowest BCUT2D eigenvalue weighted by Gasteiger charge is -2.12. The fourth-order valence-electron chi connectivity index (χ4n) is 1.69. The predicted octanol–water partition coefficient (Wildman–Crippen LogP) is 3.12. The molecule has 1 atom stereocenters. The van der Waals surface area contributed by atoms with Crippen LogP contribution in [0.3, 0.4) is 0 Å². The summed E-state index contributed by atoms with van der Waals surface area (Å²) in [6, 6.07) is 8.18. The van der Waals surface area contributed by atoms with Gasteiger partial charge in [0.1, 0.15) is 5.52 Å². The second kappa shape index (κ2) is 4.31. The number of rotatable bonds is 3. The van der Waals surface area contributed by atoms with E-state index in [9.17, 15) is 0 Å². The van der Waals surface area contributed by atoms with Crippen LogP contribution in [-0.2, 0) is 0 Å². The van der Waals surface area contributed by atoms with Gasteiger partial charge in [0, 0.05) is 0 Å². The van der Waals surface area contributed by atoms with E-state index < -0.39 is 0 Å². The summed E-state index contributed by atoms with van der Waals surface area (Å²) in [5.74, 6) is 0. The van der Waals surface area contributed by atoms with Gasteiger partial charge in [-0.1, -0.05) is 36.1 Å². The van der Waals surface area contributed by atoms with Gasteiger partial charge in [-0.2, -0.15) is 0 Å². The summed E-state index contributed by atoms with van der Waals surface area (Å²) in [5, 5.41) is 8.33. The first kappa shape index (κ1) is 10.6. The van der Waals surface area contributed by atoms with Gasteiger partial charge in [0.25, 0.3) is 0 Å². The number of hydrogen-bond acceptors (Lipinski definition) is 2. The molecule has 3 heteroatoms. The molecule has 0 aliphatic heterocycles. The van der Waals surface area contributed by atoms with Crippen LogP contribution < -0.4 is 0 Å². The van der Waals surface area contributed by atoms with Crippen molar-refractivity contribution in [2.24, 2.45) is 0 Å². The van der Waals surface area contributed by atoms with Crippen LogP contribution in [0, 0.1) is 0 Å². The second-order valence-electron chi connectivity index (χ2n) is 3.85. The number of allylic oxidation sites excluding steroid dienone is 3. The fourth-order valence-corrected chi connectivity index (χ4v) is 1.69. The van der Waals surface area contributed by atoms with E-state index in [0.29, 0.717) is 0 Å². The van der Waals surface area contributed by atoms with Crippen LogP contribution in [0.4, 0.5) is 0 Å². The van der Waals surface area contributed by atoms with Crippen molar-refractivity contribution in [2.45, 2.75) is 19.9 Å². The number of aromatic nitrogens is 3. The summed E-state index contributed by atoms with van der Waals surface area (Å²) in [7, 11) is 0. The monoisotopic (exact) mass is 213 g/mol. The lowest BCUT2D eigenvalue weighted by molar-refractivity contribution is 0.551. The molecule has 82 valence electrons. The van der Waals surface area contributed by atoms with E-state index in [0.717, 1.165) is 11.0 Å². The first-order chi connectivity index (χ1) is 7.74. The predicted molar refractivity (Wildman–Crippen MR) is 66.2 cm³/mol. The van der Waals surface area contributed by atoms with Crippen molar-refractivity contribution in [1.82, 2.24) is 15.0 Å². The highest BCUT2D eigenvalue weighted by molar-refractivity contribution is 5.74. The quantitative estimate of drug-likeness (QED) is 0.733. The smallest absolute Gasteiger partial charge is 0.113 e. The van der Waals surface area contributed by atoms with Gasteiger partial charge in [-0.25, -0.2) is 4.68 Å². The van der Waals surface area contributed by atoms with Crippen molar-refractivity contribution < 1.29 is 0 Å². The molecule has 0 aliphatic carbocycles. The van der Waals surface area contributed by atoms with E-state index in [-0.39, 0.29) is 6.04 Å². The van der Waals surface area contributed by atoms with Crippen LogP contribution in [0.2, 0.25) is 0 Å². The Labute approximate surface area is 95.1 Å². The molecule has 3 nitrogen and oxygen atoms in total. The third-order valence-electron chi connectivity index (χ3n) is 2.78. The maximum absolute atomic E-state index is 4.19. The van der Waals surface area contributed by atoms with Gasteiger partial charge in [0.2, 0.25) is 0 Å². The number of para-hydroxylation sites is 1. The Bertz CT molecular complexity index is 537. The highest BCUT2D eigenvalue weighted by Gasteiger charge is 2.11. The maximum Gasteiger partial charge on any atom is 0.113 e. The van der Waals surface area contributed by atoms with Crippen molar-refractivity contribution in [3.8, 4) is 0 Å². The zero-order valence-electron chi connectivity index (χ0n) is 9.59. The van der Waals surface area contributed by atoms with Gasteiger partial charge >= 0.3 is 0 Å². The molecule has 0 saturated carbocycles. The third-order valence-corrected chi connectivity index (χ3v) is 2.78. The number of nitrogens with zero attached hydrogens (tertiary/aromatic N) is 3. The largest absolute Gasteiger partial charge is 0.238 e. The van der Waals surface area contributed by atoms with E-state index in [4.69, 9.17) is 0 Å². The molecule has 0 fully saturated rings. The lowest BCUT2D eigenvalue weighted by atomic mass is 10.1. The van der Waals surface area contributed by atoms with Crippen molar-refractivity contribution >= 4 is 11.0 Å². The summed E-state index contributed by atoms with van der Waals surface area (Å²) in [6.07, 6.45) is 3.80. The summed E-state index contributed by atoms with van der Waals surface area (Å²) in [6.45, 7) is 7.88. The zero-order valence-corrected chi connectivity index (χ0v) is 9.59. The number of fused-ring (bicyclic) bond motifs is 1. The van der Waals surface area contributed by atoms with E-state index in [1.165, 1.54) is 5.57 Å². The molecule has 0 spiro atoms. The Balaban J connectivity index is 2.47. The van der Waals surface area contributed by atoms with E-state index in [1.807, 2.05) is 35.0 Å². The molecule has 1 aromatic carbocycles. The SMILES string of the molecule is C=C/C=C(/C)C(C)n1nnc2ccccc21. The van der Waals surface area contributed by atoms with Gasteiger partial charge in [-0.05, 0) is 31.6 Å². The molecule has 0 radical (unpaired) electrons. The van der Waals surface area contributed by atoms with Crippen molar-refractivity contribution in [1.29, 1.82) is 0 Å². The molecule has 1 aromatic heterocycles. The Morgan fingerprint density at radius 1 is 1.44 bits per heavy atom. The number of hydrogen-bond donors (Lipinski definition) is 0. The standard InChI is InChI=1S/C13H15N3/c1-4-7-10(2)11(3)16-13-9-6-5-8-12(13)14-15-16/h4-9,11H,1H2,2-3H3/b10-7-. The summed E-state index contributed by atoms with van der Waals surface area (Å²) < 4.78 is 1.94. The topological polar surface area (TPSA) is 30.7 Å². The maximum atomic E-state index is 4.19. The Kier molecular flexibility index (Phi) is 2.86. The van der Waals surface area contributed by atoms with Crippen LogP contribution in [0.25, 0.3) is 11.0 Å². The molecule has 0 N–H and O–H groups in total. The second-order valence-corrected chi connectivity index (χ2v) is 3.85. The highest BCUT2D eigenvalue weighted by Crippen LogP contribution is 2.20. The minimum Gasteiger partial charge on any atom is -0.238 e. The fraction of sp³-hybridized carbons (Fsp3) is 0.231. The van der Waals surface area contributed by atoms with E-state index >= 15 is 0 Å². The molecule has 0 amide bonds. The molecule has 1 heterocycles. The Morgan fingerprint density at radius 2 is 2.19 bits per heavy atom. The third kappa shape index (κ3) is 1.76. The molecule has 1 unspecified atom stereocenters. The first-order valence-corrected chi connectivity index (χ1v) is 5.33. The number of benzene rings is 1. The highest BCUT2D eigenvalue weighted by atomic mass is 15.4. The van der Waals surface area contributed by atoms with Crippen LogP contribution >= 0.6 is 0 Å². The van der Waals surface area contributed by atoms with Crippen LogP contribution in [0.15, 0.2) is 48.6 Å². The summed E-state index contributed by atoms with van der Waals surface area (Å²) >= 11 is 0. The van der Waals surface area contributed by atoms with Crippen LogP contribution in [0.1, 0.15) is 19.9 Å². The van der Waals surface area contributed by atoms with Crippen LogP contribution in [-0.4, -0.2) is 15.0 Å². The molecule has 2 aromatic rings. The molecule has 0 bridgehead atoms. The molecular formula is C13H15N3. The minimum atomic E-state index is 0.199. The normalized spacial score (nSPS) is 14.0. The average molecular weight is 213 g/mol. The van der Waals surface area contributed by atoms with E-state index in [2.05, 4.69) is 30.7 Å². The minimum absolute atomic E-state index is 0.199. The van der Waals surface area contributed by atoms with Gasteiger partial charge in [0.05, 0.1) is 11.6 Å². The van der Waals surface area contributed by atoms with Gasteiger partial charge < -0.3 is 0 Å². The van der Waals surface area contributed by atoms with Crippen molar-refractivity contribution in [3.05, 3.63) is 48.6 Å².